The van der Waals surface area contributed by atoms with Crippen LogP contribution in [0.3, 0.4) is 0 Å². The van der Waals surface area contributed by atoms with Crippen LogP contribution in [-0.4, -0.2) is 27.5 Å². The van der Waals surface area contributed by atoms with E-state index in [4.69, 9.17) is 9.72 Å². The maximum atomic E-state index is 5.29. The smallest absolute Gasteiger partial charge is 0.139 e. The van der Waals surface area contributed by atoms with E-state index in [1.807, 2.05) is 18.2 Å². The third kappa shape index (κ3) is 1.90. The Morgan fingerprint density at radius 3 is 2.50 bits per heavy atom. The zero-order valence-corrected chi connectivity index (χ0v) is 12.3. The van der Waals surface area contributed by atoms with Crippen molar-refractivity contribution in [3.05, 3.63) is 48.0 Å². The van der Waals surface area contributed by atoms with Crippen molar-refractivity contribution in [3.63, 3.8) is 0 Å². The predicted octanol–water partition coefficient (Wildman–Crippen LogP) is 3.49. The van der Waals surface area contributed by atoms with Gasteiger partial charge in [-0.3, -0.25) is 0 Å². The normalized spacial score (nSPS) is 11.2. The second kappa shape index (κ2) is 4.80. The fraction of sp³-hybridized carbons (Fsp3) is 0.118. The molecule has 0 fully saturated rings. The molecule has 0 bridgehead atoms. The van der Waals surface area contributed by atoms with Gasteiger partial charge >= 0.3 is 0 Å². The minimum absolute atomic E-state index is 0.768. The fourth-order valence-electron chi connectivity index (χ4n) is 2.60. The number of rotatable bonds is 2. The van der Waals surface area contributed by atoms with Crippen molar-refractivity contribution >= 4 is 21.9 Å². The van der Waals surface area contributed by atoms with Crippen LogP contribution in [0.25, 0.3) is 33.2 Å². The predicted molar refractivity (Wildman–Crippen MR) is 85.9 cm³/mol. The van der Waals surface area contributed by atoms with E-state index in [0.717, 1.165) is 38.9 Å². The number of methoxy groups -OCH3 is 1. The van der Waals surface area contributed by atoms with Crippen molar-refractivity contribution in [1.82, 2.24) is 20.4 Å². The molecule has 0 aliphatic carbocycles. The molecule has 2 heterocycles. The van der Waals surface area contributed by atoms with Gasteiger partial charge < -0.3 is 4.74 Å². The van der Waals surface area contributed by atoms with Crippen molar-refractivity contribution < 1.29 is 4.74 Å². The van der Waals surface area contributed by atoms with Crippen LogP contribution in [0.4, 0.5) is 0 Å². The van der Waals surface area contributed by atoms with Crippen LogP contribution < -0.4 is 4.74 Å². The first kappa shape index (κ1) is 12.8. The van der Waals surface area contributed by atoms with E-state index in [2.05, 4.69) is 46.6 Å². The van der Waals surface area contributed by atoms with Gasteiger partial charge in [-0.15, -0.1) is 0 Å². The molecule has 5 heteroatoms. The number of benzene rings is 2. The average molecular weight is 290 g/mol. The maximum absolute atomic E-state index is 5.29. The molecule has 0 amide bonds. The Hall–Kier alpha value is -2.95. The highest BCUT2D eigenvalue weighted by molar-refractivity contribution is 6.07. The van der Waals surface area contributed by atoms with Crippen LogP contribution in [-0.2, 0) is 0 Å². The lowest BCUT2D eigenvalue weighted by molar-refractivity contribution is 0.415. The van der Waals surface area contributed by atoms with E-state index in [9.17, 15) is 0 Å². The summed E-state index contributed by atoms with van der Waals surface area (Å²) in [6.45, 7) is 2.07. The van der Waals surface area contributed by atoms with Gasteiger partial charge in [0, 0.05) is 10.9 Å². The van der Waals surface area contributed by atoms with Crippen molar-refractivity contribution in [2.24, 2.45) is 0 Å². The SMILES string of the molecule is COc1ccc2nc(-c3ccc(C)cc3)c3n[nH]nc3c2c1. The molecule has 0 unspecified atom stereocenters. The van der Waals surface area contributed by atoms with Crippen molar-refractivity contribution in [2.75, 3.05) is 7.11 Å². The molecule has 0 spiro atoms. The van der Waals surface area contributed by atoms with Gasteiger partial charge in [0.05, 0.1) is 12.6 Å². The first-order chi connectivity index (χ1) is 10.8. The van der Waals surface area contributed by atoms with E-state index in [1.165, 1.54) is 5.56 Å². The third-order valence-electron chi connectivity index (χ3n) is 3.79. The monoisotopic (exact) mass is 290 g/mol. The van der Waals surface area contributed by atoms with Crippen LogP contribution in [0.15, 0.2) is 42.5 Å². The minimum Gasteiger partial charge on any atom is -0.497 e. The van der Waals surface area contributed by atoms with E-state index >= 15 is 0 Å². The molecule has 1 N–H and O–H groups in total. The van der Waals surface area contributed by atoms with E-state index in [-0.39, 0.29) is 0 Å². The zero-order valence-electron chi connectivity index (χ0n) is 12.3. The molecule has 2 aromatic carbocycles. The third-order valence-corrected chi connectivity index (χ3v) is 3.79. The molecule has 4 aromatic rings. The molecule has 22 heavy (non-hydrogen) atoms. The van der Waals surface area contributed by atoms with Gasteiger partial charge in [-0.05, 0) is 25.1 Å². The molecule has 0 radical (unpaired) electrons. The Kier molecular flexibility index (Phi) is 2.79. The van der Waals surface area contributed by atoms with E-state index in [1.54, 1.807) is 7.11 Å². The Morgan fingerprint density at radius 2 is 1.73 bits per heavy atom. The highest BCUT2D eigenvalue weighted by atomic mass is 16.5. The van der Waals surface area contributed by atoms with Gasteiger partial charge in [0.25, 0.3) is 0 Å². The summed E-state index contributed by atoms with van der Waals surface area (Å²) < 4.78 is 5.29. The molecule has 2 aromatic heterocycles. The molecule has 0 aliphatic heterocycles. The zero-order chi connectivity index (χ0) is 15.1. The number of fused-ring (bicyclic) bond motifs is 3. The summed E-state index contributed by atoms with van der Waals surface area (Å²) in [5.74, 6) is 0.779. The largest absolute Gasteiger partial charge is 0.497 e. The van der Waals surface area contributed by atoms with E-state index < -0.39 is 0 Å². The summed E-state index contributed by atoms with van der Waals surface area (Å²) in [5.41, 5.74) is 5.52. The molecule has 108 valence electrons. The van der Waals surface area contributed by atoms with Gasteiger partial charge in [-0.2, -0.15) is 15.4 Å². The molecular formula is C17H14N4O. The lowest BCUT2D eigenvalue weighted by Gasteiger charge is -2.06. The number of aromatic nitrogens is 4. The summed E-state index contributed by atoms with van der Waals surface area (Å²) >= 11 is 0. The first-order valence-corrected chi connectivity index (χ1v) is 7.01. The van der Waals surface area contributed by atoms with Gasteiger partial charge in [-0.1, -0.05) is 29.8 Å². The number of H-pyrrole nitrogens is 1. The number of aryl methyl sites for hydroxylation is 1. The number of nitrogens with one attached hydrogen (secondary N) is 1. The summed E-state index contributed by atoms with van der Waals surface area (Å²) in [4.78, 5) is 4.77. The molecule has 0 saturated carbocycles. The van der Waals surface area contributed by atoms with E-state index in [0.29, 0.717) is 0 Å². The van der Waals surface area contributed by atoms with Crippen molar-refractivity contribution in [2.45, 2.75) is 6.92 Å². The maximum Gasteiger partial charge on any atom is 0.139 e. The van der Waals surface area contributed by atoms with Gasteiger partial charge in [0.15, 0.2) is 0 Å². The van der Waals surface area contributed by atoms with Crippen LogP contribution in [0.5, 0.6) is 5.75 Å². The van der Waals surface area contributed by atoms with Gasteiger partial charge in [0.1, 0.15) is 22.5 Å². The lowest BCUT2D eigenvalue weighted by Crippen LogP contribution is -1.90. The minimum atomic E-state index is 0.768. The first-order valence-electron chi connectivity index (χ1n) is 7.01. The summed E-state index contributed by atoms with van der Waals surface area (Å²) in [6.07, 6.45) is 0. The van der Waals surface area contributed by atoms with Gasteiger partial charge in [0.2, 0.25) is 0 Å². The quantitative estimate of drug-likeness (QED) is 0.614. The Morgan fingerprint density at radius 1 is 0.955 bits per heavy atom. The molecule has 0 atom stereocenters. The summed E-state index contributed by atoms with van der Waals surface area (Å²) in [7, 11) is 1.65. The lowest BCUT2D eigenvalue weighted by atomic mass is 10.1. The number of ether oxygens (including phenoxy) is 1. The molecule has 0 aliphatic rings. The molecule has 0 saturated heterocycles. The van der Waals surface area contributed by atoms with Crippen LogP contribution in [0.2, 0.25) is 0 Å². The Labute approximate surface area is 127 Å². The summed E-state index contributed by atoms with van der Waals surface area (Å²) in [6, 6.07) is 14.0. The number of hydrogen-bond donors (Lipinski definition) is 1. The number of hydrogen-bond acceptors (Lipinski definition) is 4. The Balaban J connectivity index is 2.06. The van der Waals surface area contributed by atoms with Crippen molar-refractivity contribution in [1.29, 1.82) is 0 Å². The highest BCUT2D eigenvalue weighted by Crippen LogP contribution is 2.31. The molecule has 4 rings (SSSR count). The highest BCUT2D eigenvalue weighted by Gasteiger charge is 2.14. The van der Waals surface area contributed by atoms with Crippen LogP contribution in [0.1, 0.15) is 5.56 Å². The number of pyridine rings is 1. The topological polar surface area (TPSA) is 63.7 Å². The Bertz CT molecular complexity index is 973. The average Bonchev–Trinajstić information content (AvgIpc) is 3.04. The second-order valence-corrected chi connectivity index (χ2v) is 5.23. The van der Waals surface area contributed by atoms with Crippen LogP contribution in [0, 0.1) is 6.92 Å². The fourth-order valence-corrected chi connectivity index (χ4v) is 2.60. The molecule has 5 nitrogen and oxygen atoms in total. The number of aromatic amines is 1. The van der Waals surface area contributed by atoms with Crippen LogP contribution >= 0.6 is 0 Å². The van der Waals surface area contributed by atoms with Crippen molar-refractivity contribution in [3.8, 4) is 17.0 Å². The molecular weight excluding hydrogens is 276 g/mol. The summed E-state index contributed by atoms with van der Waals surface area (Å²) in [5, 5.41) is 12.2. The van der Waals surface area contributed by atoms with Gasteiger partial charge in [-0.25, -0.2) is 4.98 Å². The second-order valence-electron chi connectivity index (χ2n) is 5.23. The standard InChI is InChI=1S/C17H14N4O/c1-10-3-5-11(6-4-10)15-17-16(19-21-20-17)13-9-12(22-2)7-8-14(13)18-15/h3-9H,1-2H3,(H,19,20,21). The number of nitrogens with zero attached hydrogens (tertiary/aromatic N) is 3.